The maximum Gasteiger partial charge on any atom is 0.369 e. The van der Waals surface area contributed by atoms with E-state index in [1.165, 1.54) is 9.80 Å². The Morgan fingerprint density at radius 3 is 1.67 bits per heavy atom. The third-order valence-electron chi connectivity index (χ3n) is 2.96. The van der Waals surface area contributed by atoms with Crippen LogP contribution in [0.25, 0.3) is 0 Å². The molecular formula is C11H22F2N2. The molecule has 90 valence electrons. The molecule has 1 aliphatic rings. The van der Waals surface area contributed by atoms with Gasteiger partial charge in [0.15, 0.2) is 0 Å². The lowest BCUT2D eigenvalue weighted by molar-refractivity contribution is -0.210. The molecule has 15 heavy (non-hydrogen) atoms. The van der Waals surface area contributed by atoms with Crippen molar-refractivity contribution in [1.82, 2.24) is 9.80 Å². The van der Waals surface area contributed by atoms with Crippen LogP contribution in [0, 0.1) is 0 Å². The highest BCUT2D eigenvalue weighted by Crippen LogP contribution is 2.30. The lowest BCUT2D eigenvalue weighted by atomic mass is 10.3. The van der Waals surface area contributed by atoms with Gasteiger partial charge >= 0.3 is 6.17 Å². The Balaban J connectivity index is 2.43. The fourth-order valence-electron chi connectivity index (χ4n) is 1.90. The van der Waals surface area contributed by atoms with Gasteiger partial charge in [-0.05, 0) is 12.8 Å². The average molecular weight is 220 g/mol. The molecule has 0 aromatic carbocycles. The van der Waals surface area contributed by atoms with Crippen LogP contribution in [-0.2, 0) is 0 Å². The number of halogens is 2. The Morgan fingerprint density at radius 1 is 0.933 bits per heavy atom. The van der Waals surface area contributed by atoms with Gasteiger partial charge in [0, 0.05) is 26.2 Å². The second-order valence-electron chi connectivity index (χ2n) is 4.19. The van der Waals surface area contributed by atoms with E-state index in [0.29, 0.717) is 26.2 Å². The van der Waals surface area contributed by atoms with Gasteiger partial charge in [0.2, 0.25) is 0 Å². The summed E-state index contributed by atoms with van der Waals surface area (Å²) in [6, 6.07) is 0. The summed E-state index contributed by atoms with van der Waals surface area (Å²) in [5, 5.41) is 0. The molecular weight excluding hydrogens is 198 g/mol. The van der Waals surface area contributed by atoms with Crippen molar-refractivity contribution < 1.29 is 8.78 Å². The summed E-state index contributed by atoms with van der Waals surface area (Å²) in [5.41, 5.74) is 0. The minimum atomic E-state index is -2.70. The van der Waals surface area contributed by atoms with E-state index in [4.69, 9.17) is 0 Å². The molecule has 0 aromatic heterocycles. The van der Waals surface area contributed by atoms with Gasteiger partial charge in [-0.2, -0.15) is 8.78 Å². The van der Waals surface area contributed by atoms with Gasteiger partial charge in [-0.25, -0.2) is 9.80 Å². The third-order valence-corrected chi connectivity index (χ3v) is 2.96. The molecule has 0 atom stereocenters. The number of hydrogen-bond donors (Lipinski definition) is 0. The first-order chi connectivity index (χ1) is 7.12. The Hall–Kier alpha value is -0.220. The van der Waals surface area contributed by atoms with E-state index in [-0.39, 0.29) is 0 Å². The van der Waals surface area contributed by atoms with Gasteiger partial charge in [0.25, 0.3) is 0 Å². The highest BCUT2D eigenvalue weighted by Gasteiger charge is 2.47. The lowest BCUT2D eigenvalue weighted by Gasteiger charge is -2.29. The van der Waals surface area contributed by atoms with Crippen molar-refractivity contribution in [3.8, 4) is 0 Å². The SMILES string of the molecule is CCCCN1CCN(CCCC)C1(F)F. The summed E-state index contributed by atoms with van der Waals surface area (Å²) >= 11 is 0. The van der Waals surface area contributed by atoms with Crippen LogP contribution in [-0.4, -0.2) is 42.1 Å². The molecule has 0 aromatic rings. The standard InChI is InChI=1S/C11H22F2N2/c1-3-5-7-14-9-10-15(8-6-4-2)11(14,12)13/h3-10H2,1-2H3. The van der Waals surface area contributed by atoms with E-state index >= 15 is 0 Å². The van der Waals surface area contributed by atoms with Gasteiger partial charge in [-0.1, -0.05) is 26.7 Å². The van der Waals surface area contributed by atoms with E-state index in [1.54, 1.807) is 0 Å². The van der Waals surface area contributed by atoms with Crippen molar-refractivity contribution >= 4 is 0 Å². The molecule has 1 aliphatic heterocycles. The second kappa shape index (κ2) is 5.75. The van der Waals surface area contributed by atoms with Crippen LogP contribution in [0.5, 0.6) is 0 Å². The molecule has 1 rings (SSSR count). The molecule has 0 bridgehead atoms. The van der Waals surface area contributed by atoms with Crippen molar-refractivity contribution in [1.29, 1.82) is 0 Å². The van der Waals surface area contributed by atoms with E-state index in [9.17, 15) is 8.78 Å². The zero-order valence-electron chi connectivity index (χ0n) is 9.81. The van der Waals surface area contributed by atoms with Crippen LogP contribution in [0.1, 0.15) is 39.5 Å². The van der Waals surface area contributed by atoms with Crippen LogP contribution < -0.4 is 0 Å². The van der Waals surface area contributed by atoms with Gasteiger partial charge in [-0.15, -0.1) is 0 Å². The molecule has 0 amide bonds. The molecule has 0 N–H and O–H groups in total. The third kappa shape index (κ3) is 3.11. The van der Waals surface area contributed by atoms with Crippen molar-refractivity contribution in [2.45, 2.75) is 45.7 Å². The van der Waals surface area contributed by atoms with Crippen molar-refractivity contribution in [3.05, 3.63) is 0 Å². The van der Waals surface area contributed by atoms with Gasteiger partial charge in [0.05, 0.1) is 0 Å². The van der Waals surface area contributed by atoms with Crippen LogP contribution in [0.2, 0.25) is 0 Å². The Bertz CT molecular complexity index is 167. The zero-order valence-corrected chi connectivity index (χ0v) is 9.81. The largest absolute Gasteiger partial charge is 0.369 e. The number of rotatable bonds is 6. The quantitative estimate of drug-likeness (QED) is 0.635. The Labute approximate surface area is 91.2 Å². The van der Waals surface area contributed by atoms with Gasteiger partial charge in [0.1, 0.15) is 0 Å². The first-order valence-electron chi connectivity index (χ1n) is 6.00. The van der Waals surface area contributed by atoms with Crippen molar-refractivity contribution in [3.63, 3.8) is 0 Å². The van der Waals surface area contributed by atoms with Crippen LogP contribution >= 0.6 is 0 Å². The number of nitrogens with zero attached hydrogens (tertiary/aromatic N) is 2. The molecule has 1 fully saturated rings. The minimum absolute atomic E-state index is 0.511. The molecule has 2 nitrogen and oxygen atoms in total. The van der Waals surface area contributed by atoms with Crippen molar-refractivity contribution in [2.75, 3.05) is 26.2 Å². The fraction of sp³-hybridized carbons (Fsp3) is 1.00. The van der Waals surface area contributed by atoms with Crippen LogP contribution in [0.3, 0.4) is 0 Å². The second-order valence-corrected chi connectivity index (χ2v) is 4.19. The summed E-state index contributed by atoms with van der Waals surface area (Å²) in [6.07, 6.45) is 0.960. The molecule has 0 unspecified atom stereocenters. The molecule has 0 saturated carbocycles. The average Bonchev–Trinajstić information content (AvgIpc) is 2.48. The topological polar surface area (TPSA) is 6.48 Å². The molecule has 1 heterocycles. The molecule has 1 saturated heterocycles. The first kappa shape index (κ1) is 12.8. The first-order valence-corrected chi connectivity index (χ1v) is 6.00. The molecule has 4 heteroatoms. The number of unbranched alkanes of at least 4 members (excludes halogenated alkanes) is 2. The zero-order chi connectivity index (χ0) is 11.3. The molecule has 0 aliphatic carbocycles. The predicted octanol–water partition coefficient (Wildman–Crippen LogP) is 2.75. The van der Waals surface area contributed by atoms with E-state index in [0.717, 1.165) is 25.7 Å². The normalized spacial score (nSPS) is 22.4. The highest BCUT2D eigenvalue weighted by atomic mass is 19.3. The number of alkyl halides is 2. The minimum Gasteiger partial charge on any atom is -0.229 e. The number of hydrogen-bond acceptors (Lipinski definition) is 2. The molecule has 0 spiro atoms. The summed E-state index contributed by atoms with van der Waals surface area (Å²) in [4.78, 5) is 2.62. The van der Waals surface area contributed by atoms with Gasteiger partial charge < -0.3 is 0 Å². The summed E-state index contributed by atoms with van der Waals surface area (Å²) in [7, 11) is 0. The Kier molecular flexibility index (Phi) is 4.93. The maximum atomic E-state index is 13.8. The monoisotopic (exact) mass is 220 g/mol. The summed E-state index contributed by atoms with van der Waals surface area (Å²) in [6.45, 7) is 6.12. The Morgan fingerprint density at radius 2 is 1.33 bits per heavy atom. The highest BCUT2D eigenvalue weighted by molar-refractivity contribution is 4.80. The summed E-state index contributed by atoms with van der Waals surface area (Å²) in [5.74, 6) is 0. The van der Waals surface area contributed by atoms with E-state index in [1.807, 2.05) is 13.8 Å². The van der Waals surface area contributed by atoms with E-state index < -0.39 is 6.17 Å². The van der Waals surface area contributed by atoms with Gasteiger partial charge in [-0.3, -0.25) is 0 Å². The summed E-state index contributed by atoms with van der Waals surface area (Å²) < 4.78 is 27.5. The van der Waals surface area contributed by atoms with E-state index in [2.05, 4.69) is 0 Å². The fourth-order valence-corrected chi connectivity index (χ4v) is 1.90. The maximum absolute atomic E-state index is 13.8. The van der Waals surface area contributed by atoms with Crippen LogP contribution in [0.4, 0.5) is 8.78 Å². The lowest BCUT2D eigenvalue weighted by Crippen LogP contribution is -2.46. The van der Waals surface area contributed by atoms with Crippen LogP contribution in [0.15, 0.2) is 0 Å². The smallest absolute Gasteiger partial charge is 0.229 e. The molecule has 0 radical (unpaired) electrons. The predicted molar refractivity (Wildman–Crippen MR) is 57.9 cm³/mol. The van der Waals surface area contributed by atoms with Crippen molar-refractivity contribution in [2.24, 2.45) is 0 Å².